The summed E-state index contributed by atoms with van der Waals surface area (Å²) < 4.78 is 0. The van der Waals surface area contributed by atoms with Gasteiger partial charge in [0.2, 0.25) is 0 Å². The minimum Gasteiger partial charge on any atom is -0.389 e. The molecule has 0 fully saturated rings. The predicted octanol–water partition coefficient (Wildman–Crippen LogP) is 1.03. The first-order valence-electron chi connectivity index (χ1n) is 5.13. The number of aryl methyl sites for hydroxylation is 1. The third kappa shape index (κ3) is 3.93. The van der Waals surface area contributed by atoms with Gasteiger partial charge in [-0.1, -0.05) is 0 Å². The van der Waals surface area contributed by atoms with Gasteiger partial charge in [-0.25, -0.2) is 0 Å². The van der Waals surface area contributed by atoms with E-state index in [-0.39, 0.29) is 6.04 Å². The Hall–Kier alpha value is -1.00. The molecule has 0 saturated carbocycles. The van der Waals surface area contributed by atoms with Crippen molar-refractivity contribution in [2.75, 3.05) is 0 Å². The largest absolute Gasteiger partial charge is 0.389 e. The maximum absolute atomic E-state index is 9.71. The molecule has 4 nitrogen and oxygen atoms in total. The quantitative estimate of drug-likeness (QED) is 0.777. The van der Waals surface area contributed by atoms with Gasteiger partial charge in [0.1, 0.15) is 0 Å². The van der Waals surface area contributed by atoms with E-state index in [2.05, 4.69) is 15.3 Å². The van der Waals surface area contributed by atoms with Gasteiger partial charge in [-0.05, 0) is 27.7 Å². The van der Waals surface area contributed by atoms with E-state index < -0.39 is 5.60 Å². The van der Waals surface area contributed by atoms with E-state index in [1.54, 1.807) is 26.2 Å². The van der Waals surface area contributed by atoms with E-state index >= 15 is 0 Å². The molecule has 84 valence electrons. The highest BCUT2D eigenvalue weighted by molar-refractivity contribution is 5.00. The SMILES string of the molecule is Cc1cnc(CNC(C)C(C)(C)O)cn1. The summed E-state index contributed by atoms with van der Waals surface area (Å²) in [5, 5.41) is 12.9. The van der Waals surface area contributed by atoms with E-state index in [9.17, 15) is 5.11 Å². The Balaban J connectivity index is 2.47. The summed E-state index contributed by atoms with van der Waals surface area (Å²) in [5.74, 6) is 0. The molecule has 1 atom stereocenters. The highest BCUT2D eigenvalue weighted by atomic mass is 16.3. The van der Waals surface area contributed by atoms with Crippen LogP contribution < -0.4 is 5.32 Å². The standard InChI is InChI=1S/C11H19N3O/c1-8-5-14-10(6-12-8)7-13-9(2)11(3,4)15/h5-6,9,13,15H,7H2,1-4H3. The summed E-state index contributed by atoms with van der Waals surface area (Å²) in [6.45, 7) is 8.04. The Labute approximate surface area is 90.8 Å². The van der Waals surface area contributed by atoms with E-state index in [0.29, 0.717) is 6.54 Å². The van der Waals surface area contributed by atoms with Gasteiger partial charge in [0.15, 0.2) is 0 Å². The molecule has 1 aromatic rings. The zero-order chi connectivity index (χ0) is 11.5. The van der Waals surface area contributed by atoms with Crippen molar-refractivity contribution in [3.05, 3.63) is 23.8 Å². The Kier molecular flexibility index (Phi) is 3.77. The minimum atomic E-state index is -0.724. The zero-order valence-electron chi connectivity index (χ0n) is 9.78. The topological polar surface area (TPSA) is 58.0 Å². The Morgan fingerprint density at radius 2 is 2.07 bits per heavy atom. The van der Waals surface area contributed by atoms with Crippen LogP contribution in [0.15, 0.2) is 12.4 Å². The third-order valence-electron chi connectivity index (χ3n) is 2.48. The first kappa shape index (κ1) is 12.1. The molecular weight excluding hydrogens is 190 g/mol. The van der Waals surface area contributed by atoms with Crippen LogP contribution in [-0.4, -0.2) is 26.7 Å². The van der Waals surface area contributed by atoms with Crippen molar-refractivity contribution < 1.29 is 5.11 Å². The van der Waals surface area contributed by atoms with Crippen molar-refractivity contribution in [1.82, 2.24) is 15.3 Å². The van der Waals surface area contributed by atoms with Gasteiger partial charge >= 0.3 is 0 Å². The highest BCUT2D eigenvalue weighted by Crippen LogP contribution is 2.07. The number of hydrogen-bond donors (Lipinski definition) is 2. The number of hydrogen-bond acceptors (Lipinski definition) is 4. The zero-order valence-corrected chi connectivity index (χ0v) is 9.78. The van der Waals surface area contributed by atoms with Crippen molar-refractivity contribution in [3.8, 4) is 0 Å². The lowest BCUT2D eigenvalue weighted by atomic mass is 10.0. The predicted molar refractivity (Wildman–Crippen MR) is 59.4 cm³/mol. The van der Waals surface area contributed by atoms with Gasteiger partial charge in [0.25, 0.3) is 0 Å². The van der Waals surface area contributed by atoms with E-state index in [0.717, 1.165) is 11.4 Å². The minimum absolute atomic E-state index is 0.0144. The Bertz CT molecular complexity index is 303. The molecule has 0 bridgehead atoms. The molecule has 1 heterocycles. The highest BCUT2D eigenvalue weighted by Gasteiger charge is 2.21. The molecule has 0 amide bonds. The lowest BCUT2D eigenvalue weighted by Gasteiger charge is -2.26. The smallest absolute Gasteiger partial charge is 0.0741 e. The Morgan fingerprint density at radius 1 is 1.40 bits per heavy atom. The van der Waals surface area contributed by atoms with Gasteiger partial charge in [0.05, 0.1) is 17.0 Å². The number of nitrogens with one attached hydrogen (secondary N) is 1. The molecule has 4 heteroatoms. The molecule has 1 rings (SSSR count). The van der Waals surface area contributed by atoms with Gasteiger partial charge < -0.3 is 10.4 Å². The number of aliphatic hydroxyl groups is 1. The summed E-state index contributed by atoms with van der Waals surface area (Å²) in [4.78, 5) is 8.38. The molecule has 0 aliphatic carbocycles. The molecular formula is C11H19N3O. The number of aromatic nitrogens is 2. The summed E-state index contributed by atoms with van der Waals surface area (Å²) in [5.41, 5.74) is 1.07. The fourth-order valence-electron chi connectivity index (χ4n) is 1.02. The van der Waals surface area contributed by atoms with Crippen LogP contribution in [0.3, 0.4) is 0 Å². The van der Waals surface area contributed by atoms with Crippen molar-refractivity contribution in [2.45, 2.75) is 45.9 Å². The third-order valence-corrected chi connectivity index (χ3v) is 2.48. The number of rotatable bonds is 4. The first-order chi connectivity index (χ1) is 6.89. The van der Waals surface area contributed by atoms with Crippen LogP contribution in [0.25, 0.3) is 0 Å². The summed E-state index contributed by atoms with van der Waals surface area (Å²) >= 11 is 0. The molecule has 0 aliphatic heterocycles. The van der Waals surface area contributed by atoms with Crippen molar-refractivity contribution >= 4 is 0 Å². The molecule has 0 aromatic carbocycles. The van der Waals surface area contributed by atoms with Gasteiger partial charge in [-0.2, -0.15) is 0 Å². The van der Waals surface area contributed by atoms with Crippen LogP contribution in [0.5, 0.6) is 0 Å². The second-order valence-corrected chi connectivity index (χ2v) is 4.41. The first-order valence-corrected chi connectivity index (χ1v) is 5.13. The maximum Gasteiger partial charge on any atom is 0.0741 e. The lowest BCUT2D eigenvalue weighted by molar-refractivity contribution is 0.0436. The monoisotopic (exact) mass is 209 g/mol. The average molecular weight is 209 g/mol. The normalized spacial score (nSPS) is 13.9. The van der Waals surface area contributed by atoms with Crippen LogP contribution >= 0.6 is 0 Å². The molecule has 1 aromatic heterocycles. The van der Waals surface area contributed by atoms with Crippen LogP contribution in [0.1, 0.15) is 32.2 Å². The molecule has 0 aliphatic rings. The van der Waals surface area contributed by atoms with Crippen LogP contribution in [-0.2, 0) is 6.54 Å². The van der Waals surface area contributed by atoms with Crippen molar-refractivity contribution in [2.24, 2.45) is 0 Å². The van der Waals surface area contributed by atoms with Crippen LogP contribution in [0.2, 0.25) is 0 Å². The second-order valence-electron chi connectivity index (χ2n) is 4.41. The van der Waals surface area contributed by atoms with Crippen molar-refractivity contribution in [1.29, 1.82) is 0 Å². The maximum atomic E-state index is 9.71. The van der Waals surface area contributed by atoms with Gasteiger partial charge in [0, 0.05) is 25.0 Å². The molecule has 0 saturated heterocycles. The molecule has 1 unspecified atom stereocenters. The van der Waals surface area contributed by atoms with Crippen LogP contribution in [0.4, 0.5) is 0 Å². The molecule has 0 radical (unpaired) electrons. The summed E-state index contributed by atoms with van der Waals surface area (Å²) in [6.07, 6.45) is 3.49. The van der Waals surface area contributed by atoms with Gasteiger partial charge in [-0.3, -0.25) is 9.97 Å². The summed E-state index contributed by atoms with van der Waals surface area (Å²) in [7, 11) is 0. The second kappa shape index (κ2) is 4.68. The summed E-state index contributed by atoms with van der Waals surface area (Å²) in [6, 6.07) is 0.0144. The fourth-order valence-corrected chi connectivity index (χ4v) is 1.02. The molecule has 2 N–H and O–H groups in total. The molecule has 15 heavy (non-hydrogen) atoms. The lowest BCUT2D eigenvalue weighted by Crippen LogP contribution is -2.44. The van der Waals surface area contributed by atoms with E-state index in [4.69, 9.17) is 0 Å². The Morgan fingerprint density at radius 3 is 2.53 bits per heavy atom. The fraction of sp³-hybridized carbons (Fsp3) is 0.636. The van der Waals surface area contributed by atoms with Gasteiger partial charge in [-0.15, -0.1) is 0 Å². The van der Waals surface area contributed by atoms with Crippen LogP contribution in [0, 0.1) is 6.92 Å². The van der Waals surface area contributed by atoms with E-state index in [1.807, 2.05) is 13.8 Å². The average Bonchev–Trinajstić information content (AvgIpc) is 2.15. The van der Waals surface area contributed by atoms with Crippen molar-refractivity contribution in [3.63, 3.8) is 0 Å². The molecule has 0 spiro atoms. The van der Waals surface area contributed by atoms with E-state index in [1.165, 1.54) is 0 Å². The number of nitrogens with zero attached hydrogens (tertiary/aromatic N) is 2.